The average molecular weight is 358 g/mol. The van der Waals surface area contributed by atoms with E-state index in [9.17, 15) is 9.59 Å². The predicted octanol–water partition coefficient (Wildman–Crippen LogP) is 2.35. The molecule has 2 fully saturated rings. The number of carbonyl (C=O) groups is 2. The van der Waals surface area contributed by atoms with E-state index >= 15 is 0 Å². The van der Waals surface area contributed by atoms with Crippen LogP contribution in [0.4, 0.5) is 5.69 Å². The SMILES string of the molecule is COc1ccc(NC(=O)C2CCC(=O)N(C3CCCC3)C2)c2nonc12. The lowest BCUT2D eigenvalue weighted by molar-refractivity contribution is -0.139. The van der Waals surface area contributed by atoms with Crippen LogP contribution >= 0.6 is 0 Å². The Morgan fingerprint density at radius 2 is 2.00 bits per heavy atom. The van der Waals surface area contributed by atoms with Crippen molar-refractivity contribution in [2.45, 2.75) is 44.6 Å². The van der Waals surface area contributed by atoms with Crippen molar-refractivity contribution >= 4 is 28.5 Å². The summed E-state index contributed by atoms with van der Waals surface area (Å²) in [6, 6.07) is 3.74. The zero-order valence-electron chi connectivity index (χ0n) is 14.7. The summed E-state index contributed by atoms with van der Waals surface area (Å²) < 4.78 is 10.0. The fraction of sp³-hybridized carbons (Fsp3) is 0.556. The highest BCUT2D eigenvalue weighted by molar-refractivity contribution is 6.02. The first-order valence-corrected chi connectivity index (χ1v) is 9.07. The highest BCUT2D eigenvalue weighted by atomic mass is 16.6. The Morgan fingerprint density at radius 3 is 2.77 bits per heavy atom. The number of aromatic nitrogens is 2. The van der Waals surface area contributed by atoms with Gasteiger partial charge in [-0.15, -0.1) is 0 Å². The van der Waals surface area contributed by atoms with E-state index in [1.165, 1.54) is 0 Å². The van der Waals surface area contributed by atoms with E-state index in [0.29, 0.717) is 47.9 Å². The third kappa shape index (κ3) is 3.00. The van der Waals surface area contributed by atoms with Crippen LogP contribution in [0.3, 0.4) is 0 Å². The van der Waals surface area contributed by atoms with Crippen LogP contribution in [-0.4, -0.2) is 46.7 Å². The summed E-state index contributed by atoms with van der Waals surface area (Å²) in [6.07, 6.45) is 5.42. The fourth-order valence-corrected chi connectivity index (χ4v) is 4.00. The largest absolute Gasteiger partial charge is 0.494 e. The molecule has 26 heavy (non-hydrogen) atoms. The summed E-state index contributed by atoms with van der Waals surface area (Å²) in [6.45, 7) is 0.492. The van der Waals surface area contributed by atoms with Gasteiger partial charge in [-0.2, -0.15) is 0 Å². The molecule has 1 saturated carbocycles. The maximum absolute atomic E-state index is 12.8. The fourth-order valence-electron chi connectivity index (χ4n) is 4.00. The third-order valence-corrected chi connectivity index (χ3v) is 5.44. The highest BCUT2D eigenvalue weighted by Crippen LogP contribution is 2.31. The molecule has 0 bridgehead atoms. The number of amides is 2. The van der Waals surface area contributed by atoms with Gasteiger partial charge in [0, 0.05) is 19.0 Å². The first-order valence-electron chi connectivity index (χ1n) is 9.07. The van der Waals surface area contributed by atoms with Crippen molar-refractivity contribution in [3.63, 3.8) is 0 Å². The summed E-state index contributed by atoms with van der Waals surface area (Å²) in [5.41, 5.74) is 1.46. The van der Waals surface area contributed by atoms with Crippen molar-refractivity contribution < 1.29 is 19.0 Å². The summed E-state index contributed by atoms with van der Waals surface area (Å²) >= 11 is 0. The summed E-state index contributed by atoms with van der Waals surface area (Å²) in [5.74, 6) is 0.392. The van der Waals surface area contributed by atoms with Crippen molar-refractivity contribution in [2.24, 2.45) is 5.92 Å². The highest BCUT2D eigenvalue weighted by Gasteiger charge is 2.35. The van der Waals surface area contributed by atoms with E-state index in [1.807, 2.05) is 4.90 Å². The number of hydrogen-bond acceptors (Lipinski definition) is 6. The smallest absolute Gasteiger partial charge is 0.229 e. The predicted molar refractivity (Wildman–Crippen MR) is 93.7 cm³/mol. The average Bonchev–Trinajstić information content (AvgIpc) is 3.34. The molecule has 1 aliphatic carbocycles. The molecule has 4 rings (SSSR count). The number of anilines is 1. The van der Waals surface area contributed by atoms with Gasteiger partial charge in [-0.1, -0.05) is 12.8 Å². The van der Waals surface area contributed by atoms with Crippen LogP contribution in [0.15, 0.2) is 16.8 Å². The Hall–Kier alpha value is -2.64. The Balaban J connectivity index is 1.50. The van der Waals surface area contributed by atoms with Gasteiger partial charge >= 0.3 is 0 Å². The second kappa shape index (κ2) is 6.93. The quantitative estimate of drug-likeness (QED) is 0.901. The molecule has 1 unspecified atom stereocenters. The second-order valence-electron chi connectivity index (χ2n) is 6.99. The van der Waals surface area contributed by atoms with E-state index in [1.54, 1.807) is 19.2 Å². The Labute approximate surface area is 150 Å². The van der Waals surface area contributed by atoms with E-state index in [-0.39, 0.29) is 17.7 Å². The normalized spacial score (nSPS) is 21.3. The molecule has 8 nitrogen and oxygen atoms in total. The van der Waals surface area contributed by atoms with Crippen LogP contribution in [0.2, 0.25) is 0 Å². The molecule has 2 amide bonds. The monoisotopic (exact) mass is 358 g/mol. The van der Waals surface area contributed by atoms with Gasteiger partial charge < -0.3 is 15.0 Å². The van der Waals surface area contributed by atoms with E-state index in [2.05, 4.69) is 15.6 Å². The number of piperidine rings is 1. The Morgan fingerprint density at radius 1 is 1.23 bits per heavy atom. The molecular weight excluding hydrogens is 336 g/mol. The van der Waals surface area contributed by atoms with Crippen LogP contribution < -0.4 is 10.1 Å². The van der Waals surface area contributed by atoms with Gasteiger partial charge in [-0.25, -0.2) is 4.63 Å². The van der Waals surface area contributed by atoms with Crippen molar-refractivity contribution in [3.05, 3.63) is 12.1 Å². The second-order valence-corrected chi connectivity index (χ2v) is 6.99. The van der Waals surface area contributed by atoms with Gasteiger partial charge in [0.05, 0.1) is 18.7 Å². The molecule has 2 aliphatic rings. The molecule has 1 N–H and O–H groups in total. The molecule has 1 atom stereocenters. The first kappa shape index (κ1) is 16.8. The first-order chi connectivity index (χ1) is 12.7. The van der Waals surface area contributed by atoms with Crippen molar-refractivity contribution in [1.82, 2.24) is 15.2 Å². The number of methoxy groups -OCH3 is 1. The number of carbonyl (C=O) groups excluding carboxylic acids is 2. The maximum Gasteiger partial charge on any atom is 0.229 e. The number of fused-ring (bicyclic) bond motifs is 1. The van der Waals surface area contributed by atoms with Gasteiger partial charge in [-0.05, 0) is 41.7 Å². The van der Waals surface area contributed by atoms with Crippen molar-refractivity contribution in [1.29, 1.82) is 0 Å². The van der Waals surface area contributed by atoms with Gasteiger partial charge in [0.2, 0.25) is 11.8 Å². The van der Waals surface area contributed by atoms with E-state index in [0.717, 1.165) is 25.7 Å². The lowest BCUT2D eigenvalue weighted by atomic mass is 9.94. The minimum atomic E-state index is -0.217. The number of nitrogens with zero attached hydrogens (tertiary/aromatic N) is 3. The van der Waals surface area contributed by atoms with E-state index < -0.39 is 0 Å². The molecule has 1 aliphatic heterocycles. The zero-order chi connectivity index (χ0) is 18.1. The van der Waals surface area contributed by atoms with Crippen molar-refractivity contribution in [2.75, 3.05) is 19.0 Å². The van der Waals surface area contributed by atoms with Gasteiger partial charge in [-0.3, -0.25) is 9.59 Å². The molecule has 0 radical (unpaired) electrons. The van der Waals surface area contributed by atoms with Gasteiger partial charge in [0.15, 0.2) is 16.8 Å². The standard InChI is InChI=1S/C18H22N4O4/c1-25-14-8-7-13(16-17(14)21-26-20-16)19-18(24)11-6-9-15(23)22(10-11)12-4-2-3-5-12/h7-8,11-12H,2-6,9-10H2,1H3,(H,19,24). The summed E-state index contributed by atoms with van der Waals surface area (Å²) in [7, 11) is 1.54. The number of ether oxygens (including phenoxy) is 1. The van der Waals surface area contributed by atoms with Gasteiger partial charge in [0.25, 0.3) is 0 Å². The molecular formula is C18H22N4O4. The van der Waals surface area contributed by atoms with Crippen LogP contribution in [0, 0.1) is 5.92 Å². The lowest BCUT2D eigenvalue weighted by Gasteiger charge is -2.36. The topological polar surface area (TPSA) is 97.6 Å². The number of nitrogens with one attached hydrogen (secondary N) is 1. The van der Waals surface area contributed by atoms with Gasteiger partial charge in [0.1, 0.15) is 0 Å². The number of likely N-dealkylation sites (tertiary alicyclic amines) is 1. The number of rotatable bonds is 4. The summed E-state index contributed by atoms with van der Waals surface area (Å²) in [4.78, 5) is 27.0. The van der Waals surface area contributed by atoms with Crippen LogP contribution in [0.25, 0.3) is 11.0 Å². The Bertz CT molecular complexity index is 828. The molecule has 1 aromatic carbocycles. The summed E-state index contributed by atoms with van der Waals surface area (Å²) in [5, 5.41) is 10.6. The van der Waals surface area contributed by atoms with Crippen LogP contribution in [-0.2, 0) is 9.59 Å². The molecule has 2 aromatic rings. The Kier molecular flexibility index (Phi) is 4.48. The molecule has 1 aromatic heterocycles. The zero-order valence-corrected chi connectivity index (χ0v) is 14.7. The third-order valence-electron chi connectivity index (χ3n) is 5.44. The van der Waals surface area contributed by atoms with Crippen molar-refractivity contribution in [3.8, 4) is 5.75 Å². The molecule has 0 spiro atoms. The minimum absolute atomic E-state index is 0.102. The molecule has 138 valence electrons. The van der Waals surface area contributed by atoms with E-state index in [4.69, 9.17) is 9.37 Å². The van der Waals surface area contributed by atoms with Crippen LogP contribution in [0.5, 0.6) is 5.75 Å². The molecule has 8 heteroatoms. The number of benzene rings is 1. The maximum atomic E-state index is 12.8. The molecule has 2 heterocycles. The molecule has 1 saturated heterocycles. The van der Waals surface area contributed by atoms with Crippen LogP contribution in [0.1, 0.15) is 38.5 Å². The number of hydrogen-bond donors (Lipinski definition) is 1. The lowest BCUT2D eigenvalue weighted by Crippen LogP contribution is -2.48. The minimum Gasteiger partial charge on any atom is -0.494 e.